The molecule has 0 unspecified atom stereocenters. The number of hydrogen-bond donors (Lipinski definition) is 1. The van der Waals surface area contributed by atoms with Crippen LogP contribution in [0.15, 0.2) is 0 Å². The SMILES string of the molecule is CCN1CC[C@@H](F)[C@@H](N)C1. The van der Waals surface area contributed by atoms with E-state index in [-0.39, 0.29) is 6.04 Å². The molecule has 0 aliphatic carbocycles. The molecular weight excluding hydrogens is 131 g/mol. The number of alkyl halides is 1. The number of piperidine rings is 1. The van der Waals surface area contributed by atoms with Crippen LogP contribution in [0, 0.1) is 0 Å². The van der Waals surface area contributed by atoms with Gasteiger partial charge in [0.05, 0.1) is 0 Å². The van der Waals surface area contributed by atoms with Gasteiger partial charge in [0.2, 0.25) is 0 Å². The van der Waals surface area contributed by atoms with E-state index >= 15 is 0 Å². The molecule has 1 fully saturated rings. The Balaban J connectivity index is 2.33. The first-order valence-corrected chi connectivity index (χ1v) is 3.86. The summed E-state index contributed by atoms with van der Waals surface area (Å²) in [6.45, 7) is 4.65. The van der Waals surface area contributed by atoms with Gasteiger partial charge in [-0.3, -0.25) is 0 Å². The third-order valence-electron chi connectivity index (χ3n) is 2.10. The number of nitrogens with zero attached hydrogens (tertiary/aromatic N) is 1. The van der Waals surface area contributed by atoms with Crippen LogP contribution >= 0.6 is 0 Å². The smallest absolute Gasteiger partial charge is 0.118 e. The molecule has 0 bridgehead atoms. The van der Waals surface area contributed by atoms with Gasteiger partial charge in [-0.25, -0.2) is 4.39 Å². The minimum absolute atomic E-state index is 0.256. The van der Waals surface area contributed by atoms with Crippen molar-refractivity contribution in [2.45, 2.75) is 25.6 Å². The first kappa shape index (κ1) is 7.95. The molecule has 0 aromatic carbocycles. The van der Waals surface area contributed by atoms with Crippen LogP contribution in [0.3, 0.4) is 0 Å². The van der Waals surface area contributed by atoms with Crippen LogP contribution in [-0.2, 0) is 0 Å². The Morgan fingerprint density at radius 1 is 1.70 bits per heavy atom. The second kappa shape index (κ2) is 3.30. The minimum atomic E-state index is -0.775. The summed E-state index contributed by atoms with van der Waals surface area (Å²) >= 11 is 0. The molecule has 0 radical (unpaired) electrons. The number of halogens is 1. The Bertz CT molecular complexity index is 108. The fraction of sp³-hybridized carbons (Fsp3) is 1.00. The van der Waals surface area contributed by atoms with Crippen molar-refractivity contribution in [3.05, 3.63) is 0 Å². The van der Waals surface area contributed by atoms with Crippen molar-refractivity contribution in [1.29, 1.82) is 0 Å². The van der Waals surface area contributed by atoms with E-state index < -0.39 is 6.17 Å². The van der Waals surface area contributed by atoms with Gasteiger partial charge in [-0.05, 0) is 13.0 Å². The summed E-state index contributed by atoms with van der Waals surface area (Å²) in [5, 5.41) is 0. The lowest BCUT2D eigenvalue weighted by molar-refractivity contribution is 0.132. The van der Waals surface area contributed by atoms with E-state index in [1.54, 1.807) is 0 Å². The van der Waals surface area contributed by atoms with Gasteiger partial charge in [-0.15, -0.1) is 0 Å². The maximum Gasteiger partial charge on any atom is 0.118 e. The number of hydrogen-bond acceptors (Lipinski definition) is 2. The quantitative estimate of drug-likeness (QED) is 0.579. The summed E-state index contributed by atoms with van der Waals surface area (Å²) < 4.78 is 12.7. The molecule has 0 saturated carbocycles. The fourth-order valence-electron chi connectivity index (χ4n) is 1.31. The molecule has 2 nitrogen and oxygen atoms in total. The van der Waals surface area contributed by atoms with Gasteiger partial charge in [0, 0.05) is 19.1 Å². The van der Waals surface area contributed by atoms with Gasteiger partial charge >= 0.3 is 0 Å². The molecule has 2 N–H and O–H groups in total. The van der Waals surface area contributed by atoms with Crippen LogP contribution in [-0.4, -0.2) is 36.7 Å². The summed E-state index contributed by atoms with van der Waals surface area (Å²) in [4.78, 5) is 2.18. The first-order valence-electron chi connectivity index (χ1n) is 3.86. The summed E-state index contributed by atoms with van der Waals surface area (Å²) in [6.07, 6.45) is -0.169. The molecule has 1 aliphatic rings. The minimum Gasteiger partial charge on any atom is -0.324 e. The predicted octanol–water partition coefficient (Wildman–Crippen LogP) is 0.377. The Labute approximate surface area is 61.2 Å². The van der Waals surface area contributed by atoms with Crippen molar-refractivity contribution < 1.29 is 4.39 Å². The van der Waals surface area contributed by atoms with E-state index in [1.807, 2.05) is 0 Å². The van der Waals surface area contributed by atoms with E-state index in [0.717, 1.165) is 19.6 Å². The number of likely N-dealkylation sites (N-methyl/N-ethyl adjacent to an activating group) is 1. The van der Waals surface area contributed by atoms with E-state index in [9.17, 15) is 4.39 Å². The average Bonchev–Trinajstić information content (AvgIpc) is 1.95. The molecule has 0 aromatic rings. The van der Waals surface area contributed by atoms with Gasteiger partial charge in [0.15, 0.2) is 0 Å². The molecule has 3 heteroatoms. The molecule has 1 heterocycles. The lowest BCUT2D eigenvalue weighted by atomic mass is 10.1. The molecule has 10 heavy (non-hydrogen) atoms. The number of likely N-dealkylation sites (tertiary alicyclic amines) is 1. The second-order valence-electron chi connectivity index (χ2n) is 2.86. The summed E-state index contributed by atoms with van der Waals surface area (Å²) in [5.74, 6) is 0. The third kappa shape index (κ3) is 1.67. The lowest BCUT2D eigenvalue weighted by Gasteiger charge is -2.31. The summed E-state index contributed by atoms with van der Waals surface area (Å²) in [5.41, 5.74) is 5.53. The number of nitrogens with two attached hydrogens (primary N) is 1. The van der Waals surface area contributed by atoms with Crippen LogP contribution in [0.1, 0.15) is 13.3 Å². The van der Waals surface area contributed by atoms with Crippen LogP contribution in [0.25, 0.3) is 0 Å². The lowest BCUT2D eigenvalue weighted by Crippen LogP contribution is -2.49. The Hall–Kier alpha value is -0.150. The van der Waals surface area contributed by atoms with Crippen LogP contribution in [0.5, 0.6) is 0 Å². The van der Waals surface area contributed by atoms with Crippen molar-refractivity contribution in [2.24, 2.45) is 5.73 Å². The molecule has 0 aromatic heterocycles. The topological polar surface area (TPSA) is 29.3 Å². The van der Waals surface area contributed by atoms with Gasteiger partial charge in [0.1, 0.15) is 6.17 Å². The Morgan fingerprint density at radius 2 is 2.40 bits per heavy atom. The fourth-order valence-corrected chi connectivity index (χ4v) is 1.31. The van der Waals surface area contributed by atoms with Crippen molar-refractivity contribution in [3.8, 4) is 0 Å². The summed E-state index contributed by atoms with van der Waals surface area (Å²) in [6, 6.07) is -0.256. The zero-order valence-electron chi connectivity index (χ0n) is 6.39. The van der Waals surface area contributed by atoms with Gasteiger partial charge in [-0.2, -0.15) is 0 Å². The molecule has 1 rings (SSSR count). The zero-order chi connectivity index (χ0) is 7.56. The normalized spacial score (nSPS) is 36.3. The van der Waals surface area contributed by atoms with Crippen molar-refractivity contribution in [1.82, 2.24) is 4.90 Å². The maximum atomic E-state index is 12.7. The second-order valence-corrected chi connectivity index (χ2v) is 2.86. The van der Waals surface area contributed by atoms with E-state index in [0.29, 0.717) is 6.42 Å². The molecule has 1 aliphatic heterocycles. The highest BCUT2D eigenvalue weighted by Crippen LogP contribution is 2.11. The molecule has 0 amide bonds. The highest BCUT2D eigenvalue weighted by molar-refractivity contribution is 4.82. The molecule has 60 valence electrons. The van der Waals surface area contributed by atoms with E-state index in [4.69, 9.17) is 5.73 Å². The van der Waals surface area contributed by atoms with Crippen LogP contribution in [0.2, 0.25) is 0 Å². The first-order chi connectivity index (χ1) is 4.74. The molecular formula is C7H15FN2. The highest BCUT2D eigenvalue weighted by Gasteiger charge is 2.24. The maximum absolute atomic E-state index is 12.7. The van der Waals surface area contributed by atoms with Gasteiger partial charge in [0.25, 0.3) is 0 Å². The van der Waals surface area contributed by atoms with E-state index in [2.05, 4.69) is 11.8 Å². The van der Waals surface area contributed by atoms with Crippen LogP contribution in [0.4, 0.5) is 4.39 Å². The monoisotopic (exact) mass is 146 g/mol. The van der Waals surface area contributed by atoms with Crippen molar-refractivity contribution >= 4 is 0 Å². The Morgan fingerprint density at radius 3 is 2.90 bits per heavy atom. The average molecular weight is 146 g/mol. The molecule has 2 atom stereocenters. The largest absolute Gasteiger partial charge is 0.324 e. The third-order valence-corrected chi connectivity index (χ3v) is 2.10. The van der Waals surface area contributed by atoms with Gasteiger partial charge in [-0.1, -0.05) is 6.92 Å². The van der Waals surface area contributed by atoms with E-state index in [1.165, 1.54) is 0 Å². The van der Waals surface area contributed by atoms with Gasteiger partial charge < -0.3 is 10.6 Å². The standard InChI is InChI=1S/C7H15FN2/c1-2-10-4-3-6(8)7(9)5-10/h6-7H,2-5,9H2,1H3/t6-,7+/m1/s1. The number of rotatable bonds is 1. The summed E-state index contributed by atoms with van der Waals surface area (Å²) in [7, 11) is 0. The molecule has 1 saturated heterocycles. The zero-order valence-corrected chi connectivity index (χ0v) is 6.39. The predicted molar refractivity (Wildman–Crippen MR) is 39.6 cm³/mol. The van der Waals surface area contributed by atoms with Crippen molar-refractivity contribution in [2.75, 3.05) is 19.6 Å². The molecule has 0 spiro atoms. The Kier molecular flexibility index (Phi) is 2.63. The van der Waals surface area contributed by atoms with Crippen molar-refractivity contribution in [3.63, 3.8) is 0 Å². The highest BCUT2D eigenvalue weighted by atomic mass is 19.1. The van der Waals surface area contributed by atoms with Crippen LogP contribution < -0.4 is 5.73 Å².